The first-order valence-corrected chi connectivity index (χ1v) is 9.79. The number of nitrogens with one attached hydrogen (secondary N) is 1. The monoisotopic (exact) mass is 369 g/mol. The number of anilines is 1. The van der Waals surface area contributed by atoms with E-state index in [1.54, 1.807) is 0 Å². The Labute approximate surface area is 163 Å². The van der Waals surface area contributed by atoms with Gasteiger partial charge in [-0.05, 0) is 50.8 Å². The van der Waals surface area contributed by atoms with Crippen molar-refractivity contribution in [3.05, 3.63) is 65.7 Å². The fourth-order valence-electron chi connectivity index (χ4n) is 3.80. The number of benzene rings is 2. The van der Waals surface area contributed by atoms with Crippen molar-refractivity contribution in [3.63, 3.8) is 0 Å². The van der Waals surface area contributed by atoms with Crippen LogP contribution in [0.4, 0.5) is 5.69 Å². The summed E-state index contributed by atoms with van der Waals surface area (Å²) < 4.78 is 0. The Balaban J connectivity index is 0.000000758. The van der Waals surface area contributed by atoms with Crippen LogP contribution < -0.4 is 11.1 Å². The molecule has 2 unspecified atom stereocenters. The molecule has 2 atom stereocenters. The van der Waals surface area contributed by atoms with Gasteiger partial charge in [0.1, 0.15) is 0 Å². The van der Waals surface area contributed by atoms with Gasteiger partial charge < -0.3 is 11.1 Å². The predicted molar refractivity (Wildman–Crippen MR) is 117 cm³/mol. The minimum absolute atomic E-state index is 0.563. The Kier molecular flexibility index (Phi) is 8.07. The van der Waals surface area contributed by atoms with Crippen LogP contribution in [0, 0.1) is 6.92 Å². The summed E-state index contributed by atoms with van der Waals surface area (Å²) in [6, 6.07) is 21.2. The molecule has 0 aliphatic carbocycles. The number of hydrogen-bond donors (Lipinski definition) is 2. The maximum atomic E-state index is 4.54. The molecule has 0 amide bonds. The summed E-state index contributed by atoms with van der Waals surface area (Å²) in [6.07, 6.45) is 2.40. The minimum atomic E-state index is 0.563. The van der Waals surface area contributed by atoms with E-state index in [1.165, 1.54) is 29.7 Å². The van der Waals surface area contributed by atoms with Gasteiger partial charge in [-0.2, -0.15) is 0 Å². The first kappa shape index (κ1) is 20.4. The van der Waals surface area contributed by atoms with E-state index >= 15 is 0 Å². The average molecular weight is 370 g/mol. The van der Waals surface area contributed by atoms with E-state index < -0.39 is 0 Å². The second-order valence-electron chi connectivity index (χ2n) is 7.12. The number of para-hydroxylation sites is 1. The van der Waals surface area contributed by atoms with E-state index in [0.717, 1.165) is 12.0 Å². The number of rotatable bonds is 4. The molecule has 26 heavy (non-hydrogen) atoms. The number of aryl methyl sites for hydroxylation is 1. The van der Waals surface area contributed by atoms with Crippen molar-refractivity contribution in [1.29, 1.82) is 0 Å². The van der Waals surface area contributed by atoms with E-state index in [0.29, 0.717) is 18.1 Å². The Bertz CT molecular complexity index is 662. The van der Waals surface area contributed by atoms with Gasteiger partial charge in [-0.3, -0.25) is 4.90 Å². The van der Waals surface area contributed by atoms with Gasteiger partial charge in [0, 0.05) is 30.4 Å². The van der Waals surface area contributed by atoms with Crippen molar-refractivity contribution < 1.29 is 0 Å². The van der Waals surface area contributed by atoms with Gasteiger partial charge in [0.05, 0.1) is 5.49 Å². The van der Waals surface area contributed by atoms with Crippen molar-refractivity contribution in [2.45, 2.75) is 58.3 Å². The average Bonchev–Trinajstić information content (AvgIpc) is 2.62. The highest BCUT2D eigenvalue weighted by Crippen LogP contribution is 2.28. The molecule has 2 aromatic rings. The molecule has 2 aromatic carbocycles. The van der Waals surface area contributed by atoms with Crippen molar-refractivity contribution in [2.75, 3.05) is 5.32 Å². The van der Waals surface area contributed by atoms with E-state index in [2.05, 4.69) is 104 Å². The SMILES string of the molecule is Cc1ccccc1NC1CC(C)N(Cc2ccccc2)C(C)C1.NC=S. The highest BCUT2D eigenvalue weighted by molar-refractivity contribution is 7.78. The Morgan fingerprint density at radius 2 is 1.58 bits per heavy atom. The standard InChI is InChI=1S/C21H28N2.CH3NS/c1-16-9-7-8-12-21(16)22-20-13-17(2)23(18(3)14-20)15-19-10-5-4-6-11-19;2-1-3/h4-12,17-18,20,22H,13-15H2,1-3H3;1H,(H2,2,3). The summed E-state index contributed by atoms with van der Waals surface area (Å²) in [5.74, 6) is 0. The van der Waals surface area contributed by atoms with E-state index in [-0.39, 0.29) is 0 Å². The van der Waals surface area contributed by atoms with Crippen LogP contribution in [0.1, 0.15) is 37.8 Å². The first-order valence-electron chi connectivity index (χ1n) is 9.32. The molecule has 4 heteroatoms. The van der Waals surface area contributed by atoms with Crippen LogP contribution in [0.2, 0.25) is 0 Å². The lowest BCUT2D eigenvalue weighted by molar-refractivity contribution is 0.0884. The van der Waals surface area contributed by atoms with Crippen LogP contribution in [0.25, 0.3) is 0 Å². The van der Waals surface area contributed by atoms with Crippen molar-refractivity contribution in [2.24, 2.45) is 5.73 Å². The predicted octanol–water partition coefficient (Wildman–Crippen LogP) is 4.75. The van der Waals surface area contributed by atoms with Gasteiger partial charge in [-0.25, -0.2) is 0 Å². The number of hydrogen-bond acceptors (Lipinski definition) is 3. The van der Waals surface area contributed by atoms with Gasteiger partial charge >= 0.3 is 0 Å². The summed E-state index contributed by atoms with van der Waals surface area (Å²) in [4.78, 5) is 2.64. The van der Waals surface area contributed by atoms with Gasteiger partial charge in [0.15, 0.2) is 0 Å². The number of thiocarbonyl (C=S) groups is 1. The van der Waals surface area contributed by atoms with Crippen molar-refractivity contribution in [1.82, 2.24) is 4.90 Å². The van der Waals surface area contributed by atoms with Crippen LogP contribution in [-0.2, 0) is 6.54 Å². The summed E-state index contributed by atoms with van der Waals surface area (Å²) >= 11 is 4.05. The molecule has 0 aromatic heterocycles. The largest absolute Gasteiger partial charge is 0.396 e. The van der Waals surface area contributed by atoms with Crippen LogP contribution in [-0.4, -0.2) is 28.5 Å². The second kappa shape index (κ2) is 10.3. The van der Waals surface area contributed by atoms with Crippen LogP contribution >= 0.6 is 12.2 Å². The number of nitrogens with two attached hydrogens (primary N) is 1. The molecule has 1 aliphatic rings. The molecule has 1 heterocycles. The van der Waals surface area contributed by atoms with Gasteiger partial charge in [0.2, 0.25) is 0 Å². The Morgan fingerprint density at radius 3 is 2.15 bits per heavy atom. The van der Waals surface area contributed by atoms with E-state index in [1.807, 2.05) is 0 Å². The number of nitrogens with zero attached hydrogens (tertiary/aromatic N) is 1. The Hall–Kier alpha value is -1.91. The molecule has 0 saturated carbocycles. The highest BCUT2D eigenvalue weighted by Gasteiger charge is 2.30. The summed E-state index contributed by atoms with van der Waals surface area (Å²) in [7, 11) is 0. The van der Waals surface area contributed by atoms with Crippen molar-refractivity contribution >= 4 is 23.4 Å². The lowest BCUT2D eigenvalue weighted by atomic mass is 9.91. The molecule has 1 saturated heterocycles. The third-order valence-corrected chi connectivity index (χ3v) is 5.10. The minimum Gasteiger partial charge on any atom is -0.396 e. The van der Waals surface area contributed by atoms with Crippen LogP contribution in [0.15, 0.2) is 54.6 Å². The molecular formula is C22H31N3S. The normalized spacial score (nSPS) is 22.8. The lowest BCUT2D eigenvalue weighted by Crippen LogP contribution is -2.49. The summed E-state index contributed by atoms with van der Waals surface area (Å²) in [6.45, 7) is 7.97. The third-order valence-electron chi connectivity index (χ3n) is 5.10. The molecule has 3 N–H and O–H groups in total. The zero-order chi connectivity index (χ0) is 18.9. The molecule has 1 aliphatic heterocycles. The maximum Gasteiger partial charge on any atom is 0.0588 e. The van der Waals surface area contributed by atoms with Crippen LogP contribution in [0.3, 0.4) is 0 Å². The summed E-state index contributed by atoms with van der Waals surface area (Å²) in [5, 5.41) is 3.77. The third kappa shape index (κ3) is 5.82. The molecule has 0 spiro atoms. The molecule has 1 fully saturated rings. The topological polar surface area (TPSA) is 41.3 Å². The highest BCUT2D eigenvalue weighted by atomic mass is 32.1. The molecule has 0 bridgehead atoms. The molecule has 0 radical (unpaired) electrons. The zero-order valence-electron chi connectivity index (χ0n) is 16.1. The quantitative estimate of drug-likeness (QED) is 0.763. The second-order valence-corrected chi connectivity index (χ2v) is 7.39. The van der Waals surface area contributed by atoms with Crippen molar-refractivity contribution in [3.8, 4) is 0 Å². The fraction of sp³-hybridized carbons (Fsp3) is 0.409. The number of likely N-dealkylation sites (tertiary alicyclic amines) is 1. The smallest absolute Gasteiger partial charge is 0.0588 e. The first-order chi connectivity index (χ1) is 12.5. The molecular weight excluding hydrogens is 338 g/mol. The molecule has 3 nitrogen and oxygen atoms in total. The van der Waals surface area contributed by atoms with E-state index in [9.17, 15) is 0 Å². The zero-order valence-corrected chi connectivity index (χ0v) is 16.9. The fourth-order valence-corrected chi connectivity index (χ4v) is 3.80. The maximum absolute atomic E-state index is 4.54. The van der Waals surface area contributed by atoms with Gasteiger partial charge in [-0.15, -0.1) is 0 Å². The van der Waals surface area contributed by atoms with Crippen LogP contribution in [0.5, 0.6) is 0 Å². The van der Waals surface area contributed by atoms with Gasteiger partial charge in [-0.1, -0.05) is 60.7 Å². The van der Waals surface area contributed by atoms with Gasteiger partial charge in [0.25, 0.3) is 0 Å². The Morgan fingerprint density at radius 1 is 1.04 bits per heavy atom. The van der Waals surface area contributed by atoms with E-state index in [4.69, 9.17) is 0 Å². The lowest BCUT2D eigenvalue weighted by Gasteiger charge is -2.43. The summed E-state index contributed by atoms with van der Waals surface area (Å²) in [5.41, 5.74) is 9.65. The molecule has 3 rings (SSSR count). The molecule has 140 valence electrons. The number of piperidine rings is 1.